The van der Waals surface area contributed by atoms with E-state index in [9.17, 15) is 0 Å². The zero-order valence-electron chi connectivity index (χ0n) is 12.1. The Bertz CT molecular complexity index is 182. The monoisotopic (exact) mass is 240 g/mol. The lowest BCUT2D eigenvalue weighted by molar-refractivity contribution is 0.281. The predicted octanol–water partition coefficient (Wildman–Crippen LogP) is 3.32. The van der Waals surface area contributed by atoms with Gasteiger partial charge in [-0.25, -0.2) is 0 Å². The van der Waals surface area contributed by atoms with E-state index in [0.29, 0.717) is 12.1 Å². The van der Waals surface area contributed by atoms with Crippen molar-refractivity contribution >= 4 is 0 Å². The molecule has 0 aromatic carbocycles. The molecule has 1 aliphatic heterocycles. The second kappa shape index (κ2) is 8.93. The fraction of sp³-hybridized carbons (Fsp3) is 1.00. The third-order valence-electron chi connectivity index (χ3n) is 4.13. The van der Waals surface area contributed by atoms with E-state index in [4.69, 9.17) is 0 Å². The van der Waals surface area contributed by atoms with E-state index < -0.39 is 0 Å². The summed E-state index contributed by atoms with van der Waals surface area (Å²) in [6.07, 6.45) is 9.51. The van der Waals surface area contributed by atoms with Crippen LogP contribution in [-0.2, 0) is 0 Å². The number of piperidine rings is 1. The summed E-state index contributed by atoms with van der Waals surface area (Å²) in [5.74, 6) is 0.957. The van der Waals surface area contributed by atoms with Crippen LogP contribution in [0.4, 0.5) is 0 Å². The highest BCUT2D eigenvalue weighted by molar-refractivity contribution is 4.80. The Labute approximate surface area is 108 Å². The van der Waals surface area contributed by atoms with Crippen LogP contribution in [-0.4, -0.2) is 25.2 Å². The maximum Gasteiger partial charge on any atom is 0.0195 e. The molecule has 0 saturated carbocycles. The Balaban J connectivity index is 2.08. The lowest BCUT2D eigenvalue weighted by Gasteiger charge is -2.30. The van der Waals surface area contributed by atoms with Crippen molar-refractivity contribution in [2.75, 3.05) is 13.1 Å². The van der Waals surface area contributed by atoms with Crippen LogP contribution in [0, 0.1) is 5.92 Å². The lowest BCUT2D eigenvalue weighted by Crippen LogP contribution is -2.46. The van der Waals surface area contributed by atoms with Gasteiger partial charge in [-0.15, -0.1) is 0 Å². The number of nitrogens with one attached hydrogen (secondary N) is 2. The van der Waals surface area contributed by atoms with Crippen molar-refractivity contribution in [3.8, 4) is 0 Å². The normalized spacial score (nSPS) is 27.0. The van der Waals surface area contributed by atoms with Crippen LogP contribution >= 0.6 is 0 Å². The molecule has 0 aliphatic carbocycles. The number of hydrogen-bond acceptors (Lipinski definition) is 2. The Kier molecular flexibility index (Phi) is 7.87. The van der Waals surface area contributed by atoms with Gasteiger partial charge in [-0.1, -0.05) is 39.5 Å². The summed E-state index contributed by atoms with van der Waals surface area (Å²) >= 11 is 0. The van der Waals surface area contributed by atoms with E-state index in [1.165, 1.54) is 51.5 Å². The van der Waals surface area contributed by atoms with Gasteiger partial charge in [0, 0.05) is 18.6 Å². The van der Waals surface area contributed by atoms with Crippen LogP contribution in [0.5, 0.6) is 0 Å². The average Bonchev–Trinajstić information content (AvgIpc) is 2.37. The van der Waals surface area contributed by atoms with Crippen molar-refractivity contribution in [2.24, 2.45) is 5.92 Å². The van der Waals surface area contributed by atoms with Gasteiger partial charge in [0.1, 0.15) is 0 Å². The summed E-state index contributed by atoms with van der Waals surface area (Å²) in [5.41, 5.74) is 0. The topological polar surface area (TPSA) is 24.1 Å². The molecule has 3 atom stereocenters. The average molecular weight is 240 g/mol. The molecule has 1 saturated heterocycles. The number of unbranched alkanes of at least 4 members (excludes halogenated alkanes) is 2. The third-order valence-corrected chi connectivity index (χ3v) is 4.13. The molecule has 0 bridgehead atoms. The zero-order valence-corrected chi connectivity index (χ0v) is 12.1. The molecular formula is C15H32N2. The van der Waals surface area contributed by atoms with Gasteiger partial charge in [-0.3, -0.25) is 0 Å². The first-order valence-corrected chi connectivity index (χ1v) is 7.73. The maximum absolute atomic E-state index is 3.69. The quantitative estimate of drug-likeness (QED) is 0.636. The SMILES string of the molecule is CCCCCC(C)NCC1CC(CC)CCN1. The van der Waals surface area contributed by atoms with Crippen LogP contribution in [0.25, 0.3) is 0 Å². The molecule has 1 heterocycles. The fourth-order valence-electron chi connectivity index (χ4n) is 2.77. The minimum absolute atomic E-state index is 0.686. The molecule has 1 rings (SSSR count). The Morgan fingerprint density at radius 1 is 1.29 bits per heavy atom. The number of hydrogen-bond donors (Lipinski definition) is 2. The summed E-state index contributed by atoms with van der Waals surface area (Å²) in [4.78, 5) is 0. The van der Waals surface area contributed by atoms with Crippen LogP contribution in [0.2, 0.25) is 0 Å². The van der Waals surface area contributed by atoms with E-state index in [1.54, 1.807) is 0 Å². The summed E-state index contributed by atoms with van der Waals surface area (Å²) in [6.45, 7) is 9.30. The molecule has 102 valence electrons. The first kappa shape index (κ1) is 15.0. The van der Waals surface area contributed by atoms with Gasteiger partial charge in [-0.2, -0.15) is 0 Å². The van der Waals surface area contributed by atoms with Crippen LogP contribution in [0.1, 0.15) is 65.7 Å². The van der Waals surface area contributed by atoms with Crippen molar-refractivity contribution in [3.63, 3.8) is 0 Å². The molecule has 2 heteroatoms. The molecule has 0 aromatic rings. The van der Waals surface area contributed by atoms with Crippen molar-refractivity contribution in [1.29, 1.82) is 0 Å². The summed E-state index contributed by atoms with van der Waals surface area (Å²) in [5, 5.41) is 7.34. The minimum atomic E-state index is 0.686. The summed E-state index contributed by atoms with van der Waals surface area (Å²) < 4.78 is 0. The van der Waals surface area contributed by atoms with Gasteiger partial charge in [-0.05, 0) is 38.6 Å². The van der Waals surface area contributed by atoms with E-state index in [1.807, 2.05) is 0 Å². The van der Waals surface area contributed by atoms with Gasteiger partial charge in [0.2, 0.25) is 0 Å². The van der Waals surface area contributed by atoms with Crippen molar-refractivity contribution in [3.05, 3.63) is 0 Å². The van der Waals surface area contributed by atoms with Gasteiger partial charge in [0.25, 0.3) is 0 Å². The van der Waals surface area contributed by atoms with Crippen LogP contribution in [0.15, 0.2) is 0 Å². The molecule has 0 amide bonds. The van der Waals surface area contributed by atoms with Gasteiger partial charge in [0.15, 0.2) is 0 Å². The van der Waals surface area contributed by atoms with Gasteiger partial charge in [0.05, 0.1) is 0 Å². The lowest BCUT2D eigenvalue weighted by atomic mass is 9.90. The van der Waals surface area contributed by atoms with Crippen molar-refractivity contribution in [1.82, 2.24) is 10.6 Å². The molecule has 1 aliphatic rings. The fourth-order valence-corrected chi connectivity index (χ4v) is 2.77. The first-order valence-electron chi connectivity index (χ1n) is 7.73. The second-order valence-corrected chi connectivity index (χ2v) is 5.75. The van der Waals surface area contributed by atoms with Crippen molar-refractivity contribution in [2.45, 2.75) is 77.8 Å². The summed E-state index contributed by atoms with van der Waals surface area (Å²) in [7, 11) is 0. The molecule has 2 nitrogen and oxygen atoms in total. The van der Waals surface area contributed by atoms with Gasteiger partial charge >= 0.3 is 0 Å². The zero-order chi connectivity index (χ0) is 12.5. The highest BCUT2D eigenvalue weighted by atomic mass is 15.0. The molecule has 3 unspecified atom stereocenters. The third kappa shape index (κ3) is 6.42. The Morgan fingerprint density at radius 3 is 2.82 bits per heavy atom. The Hall–Kier alpha value is -0.0800. The first-order chi connectivity index (χ1) is 8.26. The number of rotatable bonds is 8. The highest BCUT2D eigenvalue weighted by Crippen LogP contribution is 2.18. The molecule has 1 fully saturated rings. The molecule has 0 radical (unpaired) electrons. The standard InChI is InChI=1S/C15H32N2/c1-4-6-7-8-13(3)17-12-15-11-14(5-2)9-10-16-15/h13-17H,4-12H2,1-3H3. The van der Waals surface area contributed by atoms with Crippen LogP contribution in [0.3, 0.4) is 0 Å². The van der Waals surface area contributed by atoms with E-state index in [-0.39, 0.29) is 0 Å². The Morgan fingerprint density at radius 2 is 2.12 bits per heavy atom. The largest absolute Gasteiger partial charge is 0.313 e. The maximum atomic E-state index is 3.69. The highest BCUT2D eigenvalue weighted by Gasteiger charge is 2.19. The smallest absolute Gasteiger partial charge is 0.0195 e. The molecular weight excluding hydrogens is 208 g/mol. The van der Waals surface area contributed by atoms with Gasteiger partial charge < -0.3 is 10.6 Å². The second-order valence-electron chi connectivity index (χ2n) is 5.75. The van der Waals surface area contributed by atoms with Crippen molar-refractivity contribution < 1.29 is 0 Å². The van der Waals surface area contributed by atoms with E-state index in [2.05, 4.69) is 31.4 Å². The molecule has 17 heavy (non-hydrogen) atoms. The van der Waals surface area contributed by atoms with E-state index in [0.717, 1.165) is 12.5 Å². The molecule has 0 aromatic heterocycles. The summed E-state index contributed by atoms with van der Waals surface area (Å²) in [6, 6.07) is 1.40. The molecule has 2 N–H and O–H groups in total. The van der Waals surface area contributed by atoms with E-state index >= 15 is 0 Å². The van der Waals surface area contributed by atoms with Crippen LogP contribution < -0.4 is 10.6 Å². The minimum Gasteiger partial charge on any atom is -0.313 e. The molecule has 0 spiro atoms. The predicted molar refractivity (Wildman–Crippen MR) is 76.4 cm³/mol.